The topological polar surface area (TPSA) is 68.2 Å². The maximum atomic E-state index is 5.85. The molecule has 1 aromatic carbocycles. The third-order valence-corrected chi connectivity index (χ3v) is 2.81. The van der Waals surface area contributed by atoms with Gasteiger partial charge < -0.3 is 15.6 Å². The number of guanidine groups is 1. The standard InChI is InChI=1S/C14H19N5.HI/c1-2-12-4-3-5-13(10-12)18-14(15)17-7-9-19-8-6-16-11-19;/h3-6,8,10-11H,2,7,9H2,1H3,(H3,15,17,18);1H. The summed E-state index contributed by atoms with van der Waals surface area (Å²) in [5.74, 6) is 0.438. The highest BCUT2D eigenvalue weighted by atomic mass is 127. The van der Waals surface area contributed by atoms with Gasteiger partial charge in [-0.3, -0.25) is 4.99 Å². The average Bonchev–Trinajstić information content (AvgIpc) is 2.92. The van der Waals surface area contributed by atoms with E-state index in [1.165, 1.54) is 5.56 Å². The van der Waals surface area contributed by atoms with Gasteiger partial charge >= 0.3 is 0 Å². The van der Waals surface area contributed by atoms with E-state index in [4.69, 9.17) is 5.73 Å². The minimum absolute atomic E-state index is 0. The van der Waals surface area contributed by atoms with Gasteiger partial charge in [-0.2, -0.15) is 0 Å². The van der Waals surface area contributed by atoms with Crippen molar-refractivity contribution in [1.29, 1.82) is 0 Å². The summed E-state index contributed by atoms with van der Waals surface area (Å²) < 4.78 is 1.97. The molecule has 0 saturated heterocycles. The largest absolute Gasteiger partial charge is 0.370 e. The fraction of sp³-hybridized carbons (Fsp3) is 0.286. The van der Waals surface area contributed by atoms with E-state index in [1.54, 1.807) is 12.5 Å². The predicted octanol–water partition coefficient (Wildman–Crippen LogP) is 2.49. The molecule has 0 fully saturated rings. The number of halogens is 1. The van der Waals surface area contributed by atoms with Gasteiger partial charge in [0.25, 0.3) is 0 Å². The molecule has 2 aromatic rings. The number of hydrogen-bond acceptors (Lipinski definition) is 2. The van der Waals surface area contributed by atoms with E-state index in [1.807, 2.05) is 22.9 Å². The van der Waals surface area contributed by atoms with Crippen molar-refractivity contribution in [3.05, 3.63) is 48.5 Å². The van der Waals surface area contributed by atoms with Crippen LogP contribution in [0.15, 0.2) is 48.0 Å². The van der Waals surface area contributed by atoms with Crippen LogP contribution < -0.4 is 11.1 Å². The van der Waals surface area contributed by atoms with Crippen molar-refractivity contribution in [2.45, 2.75) is 19.9 Å². The fourth-order valence-corrected chi connectivity index (χ4v) is 1.76. The molecule has 0 bridgehead atoms. The van der Waals surface area contributed by atoms with E-state index < -0.39 is 0 Å². The van der Waals surface area contributed by atoms with Gasteiger partial charge in [0, 0.05) is 24.6 Å². The smallest absolute Gasteiger partial charge is 0.193 e. The fourth-order valence-electron chi connectivity index (χ4n) is 1.76. The normalized spacial score (nSPS) is 10.9. The van der Waals surface area contributed by atoms with Crippen LogP contribution in [0.25, 0.3) is 0 Å². The van der Waals surface area contributed by atoms with Crippen molar-refractivity contribution in [3.8, 4) is 0 Å². The zero-order valence-corrected chi connectivity index (χ0v) is 13.8. The van der Waals surface area contributed by atoms with Crippen molar-refractivity contribution in [2.24, 2.45) is 10.7 Å². The molecule has 0 saturated carbocycles. The molecule has 1 aromatic heterocycles. The number of aryl methyl sites for hydroxylation is 1. The Kier molecular flexibility index (Phi) is 7.06. The lowest BCUT2D eigenvalue weighted by Gasteiger charge is -2.07. The van der Waals surface area contributed by atoms with E-state index in [2.05, 4.69) is 34.3 Å². The Labute approximate surface area is 136 Å². The molecule has 0 aliphatic carbocycles. The van der Waals surface area contributed by atoms with Crippen LogP contribution in [0, 0.1) is 0 Å². The minimum Gasteiger partial charge on any atom is -0.370 e. The molecule has 0 atom stereocenters. The van der Waals surface area contributed by atoms with Gasteiger partial charge in [0.05, 0.1) is 12.9 Å². The number of aromatic nitrogens is 2. The predicted molar refractivity (Wildman–Crippen MR) is 93.6 cm³/mol. The van der Waals surface area contributed by atoms with Gasteiger partial charge in [0.1, 0.15) is 0 Å². The average molecular weight is 385 g/mol. The molecule has 0 aliphatic rings. The van der Waals surface area contributed by atoms with E-state index in [0.717, 1.165) is 18.7 Å². The monoisotopic (exact) mass is 385 g/mol. The highest BCUT2D eigenvalue weighted by Crippen LogP contribution is 2.10. The first kappa shape index (κ1) is 16.5. The van der Waals surface area contributed by atoms with Gasteiger partial charge in [-0.1, -0.05) is 19.1 Å². The molecule has 3 N–H and O–H groups in total. The number of imidazole rings is 1. The first-order chi connectivity index (χ1) is 9.28. The first-order valence-electron chi connectivity index (χ1n) is 6.39. The quantitative estimate of drug-likeness (QED) is 0.472. The van der Waals surface area contributed by atoms with Gasteiger partial charge in [-0.15, -0.1) is 24.0 Å². The van der Waals surface area contributed by atoms with E-state index in [9.17, 15) is 0 Å². The summed E-state index contributed by atoms with van der Waals surface area (Å²) in [6.45, 7) is 3.53. The molecule has 0 amide bonds. The highest BCUT2D eigenvalue weighted by Gasteiger charge is 1.96. The molecule has 0 unspecified atom stereocenters. The summed E-state index contributed by atoms with van der Waals surface area (Å²) in [5, 5.41) is 3.10. The van der Waals surface area contributed by atoms with E-state index in [0.29, 0.717) is 12.5 Å². The number of rotatable bonds is 5. The summed E-state index contributed by atoms with van der Waals surface area (Å²) in [7, 11) is 0. The van der Waals surface area contributed by atoms with Crippen LogP contribution in [-0.4, -0.2) is 22.1 Å². The second-order valence-electron chi connectivity index (χ2n) is 4.25. The molecule has 2 rings (SSSR count). The van der Waals surface area contributed by atoms with Crippen molar-refractivity contribution in [2.75, 3.05) is 11.9 Å². The van der Waals surface area contributed by atoms with Crippen molar-refractivity contribution < 1.29 is 0 Å². The Morgan fingerprint density at radius 2 is 2.30 bits per heavy atom. The molecule has 6 heteroatoms. The SMILES string of the molecule is CCc1cccc(NC(N)=NCCn2ccnc2)c1.I. The summed E-state index contributed by atoms with van der Waals surface area (Å²) in [6.07, 6.45) is 6.43. The number of aliphatic imine (C=N–C) groups is 1. The van der Waals surface area contributed by atoms with Crippen LogP contribution in [0.5, 0.6) is 0 Å². The third kappa shape index (κ3) is 5.20. The van der Waals surface area contributed by atoms with Gasteiger partial charge in [-0.05, 0) is 24.1 Å². The van der Waals surface area contributed by atoms with Crippen molar-refractivity contribution in [1.82, 2.24) is 9.55 Å². The Hall–Kier alpha value is -1.57. The molecular weight excluding hydrogens is 365 g/mol. The lowest BCUT2D eigenvalue weighted by Crippen LogP contribution is -2.23. The van der Waals surface area contributed by atoms with Crippen LogP contribution in [0.3, 0.4) is 0 Å². The number of nitrogens with two attached hydrogens (primary N) is 1. The van der Waals surface area contributed by atoms with Crippen LogP contribution in [-0.2, 0) is 13.0 Å². The summed E-state index contributed by atoms with van der Waals surface area (Å²) in [6, 6.07) is 8.17. The molecule has 20 heavy (non-hydrogen) atoms. The van der Waals surface area contributed by atoms with Gasteiger partial charge in [0.2, 0.25) is 0 Å². The Balaban J connectivity index is 0.00000200. The van der Waals surface area contributed by atoms with Gasteiger partial charge in [-0.25, -0.2) is 4.98 Å². The molecule has 5 nitrogen and oxygen atoms in total. The van der Waals surface area contributed by atoms with Crippen molar-refractivity contribution in [3.63, 3.8) is 0 Å². The molecule has 108 valence electrons. The number of benzene rings is 1. The number of nitrogens with one attached hydrogen (secondary N) is 1. The molecule has 1 heterocycles. The molecule has 0 aliphatic heterocycles. The minimum atomic E-state index is 0. The van der Waals surface area contributed by atoms with E-state index in [-0.39, 0.29) is 24.0 Å². The first-order valence-corrected chi connectivity index (χ1v) is 6.39. The number of nitrogens with zero attached hydrogens (tertiary/aromatic N) is 3. The maximum absolute atomic E-state index is 5.85. The summed E-state index contributed by atoms with van der Waals surface area (Å²) in [4.78, 5) is 8.26. The molecule has 0 spiro atoms. The van der Waals surface area contributed by atoms with Crippen LogP contribution in [0.2, 0.25) is 0 Å². The van der Waals surface area contributed by atoms with Crippen LogP contribution >= 0.6 is 24.0 Å². The zero-order valence-electron chi connectivity index (χ0n) is 11.5. The van der Waals surface area contributed by atoms with Crippen LogP contribution in [0.1, 0.15) is 12.5 Å². The maximum Gasteiger partial charge on any atom is 0.193 e. The highest BCUT2D eigenvalue weighted by molar-refractivity contribution is 14.0. The Bertz CT molecular complexity index is 536. The zero-order chi connectivity index (χ0) is 13.5. The van der Waals surface area contributed by atoms with Crippen LogP contribution in [0.4, 0.5) is 5.69 Å². The number of anilines is 1. The third-order valence-electron chi connectivity index (χ3n) is 2.81. The molecule has 0 radical (unpaired) electrons. The van der Waals surface area contributed by atoms with Gasteiger partial charge in [0.15, 0.2) is 5.96 Å². The Morgan fingerprint density at radius 3 is 3.00 bits per heavy atom. The Morgan fingerprint density at radius 1 is 1.45 bits per heavy atom. The summed E-state index contributed by atoms with van der Waals surface area (Å²) >= 11 is 0. The lowest BCUT2D eigenvalue weighted by molar-refractivity contribution is 0.708. The second-order valence-corrected chi connectivity index (χ2v) is 4.25. The second kappa shape index (κ2) is 8.57. The summed E-state index contributed by atoms with van der Waals surface area (Å²) in [5.41, 5.74) is 8.10. The lowest BCUT2D eigenvalue weighted by atomic mass is 10.1. The molecular formula is C14H20IN5. The number of hydrogen-bond donors (Lipinski definition) is 2. The van der Waals surface area contributed by atoms with Crippen molar-refractivity contribution >= 4 is 35.6 Å². The van der Waals surface area contributed by atoms with E-state index >= 15 is 0 Å².